The largest absolute Gasteiger partial charge is 0.381 e. The van der Waals surface area contributed by atoms with Gasteiger partial charge in [0.05, 0.1) is 6.61 Å². The van der Waals surface area contributed by atoms with Crippen molar-refractivity contribution in [2.45, 2.75) is 38.5 Å². The molecular weight excluding hydrogens is 278 g/mol. The van der Waals surface area contributed by atoms with Crippen molar-refractivity contribution in [2.24, 2.45) is 5.92 Å². The number of piperidine rings is 1. The lowest BCUT2D eigenvalue weighted by Gasteiger charge is -2.33. The molecule has 0 spiro atoms. The minimum atomic E-state index is 0.560. The fraction of sp³-hybridized carbons (Fsp3) is 0.688. The molecule has 2 aromatic heterocycles. The quantitative estimate of drug-likeness (QED) is 0.848. The van der Waals surface area contributed by atoms with Crippen molar-refractivity contribution in [3.05, 3.63) is 18.0 Å². The van der Waals surface area contributed by atoms with E-state index in [1.807, 2.05) is 10.6 Å². The third kappa shape index (κ3) is 2.67. The van der Waals surface area contributed by atoms with Gasteiger partial charge in [0.15, 0.2) is 11.5 Å². The molecule has 1 aliphatic heterocycles. The van der Waals surface area contributed by atoms with Crippen LogP contribution in [0.2, 0.25) is 0 Å². The predicted molar refractivity (Wildman–Crippen MR) is 84.2 cm³/mol. The molecule has 0 radical (unpaired) electrons. The van der Waals surface area contributed by atoms with Gasteiger partial charge in [0.25, 0.3) is 0 Å². The van der Waals surface area contributed by atoms with Gasteiger partial charge in [-0.3, -0.25) is 0 Å². The van der Waals surface area contributed by atoms with E-state index in [2.05, 4.69) is 28.1 Å². The molecule has 1 aliphatic carbocycles. The Morgan fingerprint density at radius 1 is 1.23 bits per heavy atom. The lowest BCUT2D eigenvalue weighted by Crippen LogP contribution is -2.38. The second-order valence-electron chi connectivity index (χ2n) is 6.41. The Labute approximate surface area is 130 Å². The summed E-state index contributed by atoms with van der Waals surface area (Å²) in [6.07, 6.45) is 4.88. The van der Waals surface area contributed by atoms with Crippen molar-refractivity contribution < 1.29 is 4.74 Å². The van der Waals surface area contributed by atoms with Crippen molar-refractivity contribution >= 4 is 11.5 Å². The SMILES string of the molecule is CCOCC1CCCN(c2ccc3nnc(C4CC4)n3n2)C1. The highest BCUT2D eigenvalue weighted by Crippen LogP contribution is 2.38. The maximum atomic E-state index is 5.60. The lowest BCUT2D eigenvalue weighted by molar-refractivity contribution is 0.104. The van der Waals surface area contributed by atoms with Crippen molar-refractivity contribution in [1.82, 2.24) is 19.8 Å². The van der Waals surface area contributed by atoms with Crippen molar-refractivity contribution in [2.75, 3.05) is 31.2 Å². The molecule has 0 N–H and O–H groups in total. The number of anilines is 1. The van der Waals surface area contributed by atoms with Gasteiger partial charge >= 0.3 is 0 Å². The molecule has 2 aromatic rings. The molecule has 6 heteroatoms. The van der Waals surface area contributed by atoms with E-state index in [0.29, 0.717) is 11.8 Å². The van der Waals surface area contributed by atoms with Crippen molar-refractivity contribution in [1.29, 1.82) is 0 Å². The fourth-order valence-electron chi connectivity index (χ4n) is 3.25. The average molecular weight is 301 g/mol. The predicted octanol–water partition coefficient (Wildman–Crippen LogP) is 2.25. The third-order valence-electron chi connectivity index (χ3n) is 4.62. The van der Waals surface area contributed by atoms with Crippen LogP contribution >= 0.6 is 0 Å². The van der Waals surface area contributed by atoms with Crippen LogP contribution in [-0.4, -0.2) is 46.1 Å². The minimum absolute atomic E-state index is 0.560. The Hall–Kier alpha value is -1.69. The first-order valence-electron chi connectivity index (χ1n) is 8.40. The number of rotatable bonds is 5. The van der Waals surface area contributed by atoms with Crippen LogP contribution in [0.3, 0.4) is 0 Å². The molecule has 6 nitrogen and oxygen atoms in total. The van der Waals surface area contributed by atoms with E-state index in [0.717, 1.165) is 43.6 Å². The van der Waals surface area contributed by atoms with Gasteiger partial charge in [-0.05, 0) is 50.7 Å². The number of nitrogens with zero attached hydrogens (tertiary/aromatic N) is 5. The second kappa shape index (κ2) is 5.83. The molecule has 1 saturated carbocycles. The Balaban J connectivity index is 1.56. The molecule has 0 aromatic carbocycles. The van der Waals surface area contributed by atoms with Crippen LogP contribution in [0.1, 0.15) is 44.3 Å². The summed E-state index contributed by atoms with van der Waals surface area (Å²) >= 11 is 0. The second-order valence-corrected chi connectivity index (χ2v) is 6.41. The number of ether oxygens (including phenoxy) is 1. The zero-order chi connectivity index (χ0) is 14.9. The van der Waals surface area contributed by atoms with E-state index in [9.17, 15) is 0 Å². The number of hydrogen-bond donors (Lipinski definition) is 0. The normalized spacial score (nSPS) is 22.4. The molecule has 1 saturated heterocycles. The highest BCUT2D eigenvalue weighted by molar-refractivity contribution is 5.46. The Morgan fingerprint density at radius 2 is 2.14 bits per heavy atom. The first-order chi connectivity index (χ1) is 10.8. The van der Waals surface area contributed by atoms with Crippen LogP contribution < -0.4 is 4.90 Å². The van der Waals surface area contributed by atoms with Crippen LogP contribution in [0.15, 0.2) is 12.1 Å². The Bertz CT molecular complexity index is 651. The van der Waals surface area contributed by atoms with E-state index in [1.54, 1.807) is 0 Å². The summed E-state index contributed by atoms with van der Waals surface area (Å²) in [5.74, 6) is 3.23. The summed E-state index contributed by atoms with van der Waals surface area (Å²) in [5.41, 5.74) is 0.855. The average Bonchev–Trinajstić information content (AvgIpc) is 3.32. The van der Waals surface area contributed by atoms with Gasteiger partial charge < -0.3 is 9.64 Å². The monoisotopic (exact) mass is 301 g/mol. The zero-order valence-electron chi connectivity index (χ0n) is 13.1. The molecule has 1 unspecified atom stereocenters. The fourth-order valence-corrected chi connectivity index (χ4v) is 3.25. The van der Waals surface area contributed by atoms with Crippen LogP contribution in [0.25, 0.3) is 5.65 Å². The maximum absolute atomic E-state index is 5.60. The Kier molecular flexibility index (Phi) is 3.70. The molecule has 0 amide bonds. The molecule has 0 bridgehead atoms. The molecule has 118 valence electrons. The lowest BCUT2D eigenvalue weighted by atomic mass is 9.99. The molecule has 1 atom stereocenters. The van der Waals surface area contributed by atoms with E-state index in [-0.39, 0.29) is 0 Å². The Morgan fingerprint density at radius 3 is 2.95 bits per heavy atom. The smallest absolute Gasteiger partial charge is 0.178 e. The molecule has 2 aliphatic rings. The topological polar surface area (TPSA) is 55.5 Å². The standard InChI is InChI=1S/C16H23N5O/c1-2-22-11-12-4-3-9-20(10-12)15-8-7-14-17-18-16(13-5-6-13)21(14)19-15/h7-8,12-13H,2-6,9-11H2,1H3. The minimum Gasteiger partial charge on any atom is -0.381 e. The number of fused-ring (bicyclic) bond motifs is 1. The first-order valence-corrected chi connectivity index (χ1v) is 8.40. The van der Waals surface area contributed by atoms with Gasteiger partial charge in [0.1, 0.15) is 5.82 Å². The molecule has 3 heterocycles. The summed E-state index contributed by atoms with van der Waals surface area (Å²) in [6, 6.07) is 4.11. The van der Waals surface area contributed by atoms with E-state index in [1.165, 1.54) is 25.7 Å². The zero-order valence-corrected chi connectivity index (χ0v) is 13.1. The summed E-state index contributed by atoms with van der Waals surface area (Å²) < 4.78 is 7.55. The van der Waals surface area contributed by atoms with Gasteiger partial charge in [-0.15, -0.1) is 15.3 Å². The number of aromatic nitrogens is 4. The van der Waals surface area contributed by atoms with Gasteiger partial charge in [0.2, 0.25) is 0 Å². The van der Waals surface area contributed by atoms with Crippen LogP contribution in [0.4, 0.5) is 5.82 Å². The van der Waals surface area contributed by atoms with Crippen molar-refractivity contribution in [3.8, 4) is 0 Å². The van der Waals surface area contributed by atoms with Crippen molar-refractivity contribution in [3.63, 3.8) is 0 Å². The third-order valence-corrected chi connectivity index (χ3v) is 4.62. The summed E-state index contributed by atoms with van der Waals surface area (Å²) in [6.45, 7) is 5.81. The van der Waals surface area contributed by atoms with E-state index in [4.69, 9.17) is 9.84 Å². The molecule has 4 rings (SSSR count). The van der Waals surface area contributed by atoms with Crippen LogP contribution in [0.5, 0.6) is 0 Å². The summed E-state index contributed by atoms with van der Waals surface area (Å²) in [4.78, 5) is 2.38. The van der Waals surface area contributed by atoms with E-state index < -0.39 is 0 Å². The van der Waals surface area contributed by atoms with Crippen LogP contribution in [0, 0.1) is 5.92 Å². The summed E-state index contributed by atoms with van der Waals surface area (Å²) in [7, 11) is 0. The van der Waals surface area contributed by atoms with Gasteiger partial charge in [0, 0.05) is 25.6 Å². The van der Waals surface area contributed by atoms with E-state index >= 15 is 0 Å². The highest BCUT2D eigenvalue weighted by atomic mass is 16.5. The molecule has 22 heavy (non-hydrogen) atoms. The number of hydrogen-bond acceptors (Lipinski definition) is 5. The highest BCUT2D eigenvalue weighted by Gasteiger charge is 2.29. The van der Waals surface area contributed by atoms with Gasteiger partial charge in [-0.2, -0.15) is 4.52 Å². The maximum Gasteiger partial charge on any atom is 0.178 e. The molecule has 2 fully saturated rings. The van der Waals surface area contributed by atoms with Gasteiger partial charge in [-0.1, -0.05) is 0 Å². The van der Waals surface area contributed by atoms with Gasteiger partial charge in [-0.25, -0.2) is 0 Å². The molecular formula is C16H23N5O. The van der Waals surface area contributed by atoms with Crippen LogP contribution in [-0.2, 0) is 4.74 Å². The summed E-state index contributed by atoms with van der Waals surface area (Å²) in [5, 5.41) is 13.4. The first kappa shape index (κ1) is 13.9.